The van der Waals surface area contributed by atoms with Crippen molar-refractivity contribution in [3.63, 3.8) is 0 Å². The zero-order chi connectivity index (χ0) is 15.4. The summed E-state index contributed by atoms with van der Waals surface area (Å²) in [6.07, 6.45) is 7.97. The maximum atomic E-state index is 4.66. The summed E-state index contributed by atoms with van der Waals surface area (Å²) in [6.45, 7) is 5.11. The lowest BCUT2D eigenvalue weighted by atomic mass is 9.94. The van der Waals surface area contributed by atoms with Crippen LogP contribution in [0.4, 0.5) is 5.82 Å². The lowest BCUT2D eigenvalue weighted by molar-refractivity contribution is 0.198. The second-order valence-electron chi connectivity index (χ2n) is 5.92. The molecule has 0 spiro atoms. The molecule has 116 valence electrons. The molecule has 0 aliphatic carbocycles. The molecule has 0 bridgehead atoms. The zero-order valence-electron chi connectivity index (χ0n) is 13.3. The van der Waals surface area contributed by atoms with Crippen LogP contribution in [0, 0.1) is 6.92 Å². The minimum absolute atomic E-state index is 0.482. The molecule has 1 aliphatic rings. The van der Waals surface area contributed by atoms with Crippen LogP contribution >= 0.6 is 0 Å². The van der Waals surface area contributed by atoms with E-state index in [0.29, 0.717) is 5.92 Å². The summed E-state index contributed by atoms with van der Waals surface area (Å²) >= 11 is 0. The third-order valence-corrected chi connectivity index (χ3v) is 4.22. The highest BCUT2D eigenvalue weighted by molar-refractivity contribution is 5.42. The molecule has 1 N–H and O–H groups in total. The quantitative estimate of drug-likeness (QED) is 0.940. The van der Waals surface area contributed by atoms with Crippen LogP contribution in [-0.4, -0.2) is 40.0 Å². The minimum atomic E-state index is 0.482. The summed E-state index contributed by atoms with van der Waals surface area (Å²) in [5, 5.41) is 3.18. The molecule has 2 aromatic rings. The van der Waals surface area contributed by atoms with E-state index >= 15 is 0 Å². The van der Waals surface area contributed by atoms with Gasteiger partial charge in [-0.15, -0.1) is 0 Å². The predicted octanol–water partition coefficient (Wildman–Crippen LogP) is 2.60. The van der Waals surface area contributed by atoms with Crippen molar-refractivity contribution < 1.29 is 0 Å². The third-order valence-electron chi connectivity index (χ3n) is 4.22. The van der Waals surface area contributed by atoms with Gasteiger partial charge in [0.2, 0.25) is 0 Å². The zero-order valence-corrected chi connectivity index (χ0v) is 13.3. The Labute approximate surface area is 131 Å². The Kier molecular flexibility index (Phi) is 4.63. The van der Waals surface area contributed by atoms with Crippen molar-refractivity contribution in [3.8, 4) is 0 Å². The largest absolute Gasteiger partial charge is 0.373 e. The normalized spacial score (nSPS) is 19.1. The van der Waals surface area contributed by atoms with Gasteiger partial charge < -0.3 is 5.32 Å². The van der Waals surface area contributed by atoms with E-state index in [1.807, 2.05) is 38.6 Å². The van der Waals surface area contributed by atoms with Crippen LogP contribution in [0.25, 0.3) is 0 Å². The molecule has 0 unspecified atom stereocenters. The smallest absolute Gasteiger partial charge is 0.130 e. The Morgan fingerprint density at radius 2 is 2.27 bits per heavy atom. The Hall–Kier alpha value is -2.01. The van der Waals surface area contributed by atoms with Crippen molar-refractivity contribution in [3.05, 3.63) is 47.7 Å². The fourth-order valence-electron chi connectivity index (χ4n) is 3.15. The molecule has 5 heteroatoms. The first-order chi connectivity index (χ1) is 10.8. The van der Waals surface area contributed by atoms with Gasteiger partial charge in [0, 0.05) is 50.2 Å². The van der Waals surface area contributed by atoms with E-state index < -0.39 is 0 Å². The van der Waals surface area contributed by atoms with Gasteiger partial charge in [0.25, 0.3) is 0 Å². The molecule has 1 atom stereocenters. The third kappa shape index (κ3) is 3.42. The van der Waals surface area contributed by atoms with Crippen LogP contribution in [0.2, 0.25) is 0 Å². The average Bonchev–Trinajstić information content (AvgIpc) is 2.56. The average molecular weight is 297 g/mol. The number of anilines is 1. The number of nitrogens with one attached hydrogen (secondary N) is 1. The van der Waals surface area contributed by atoms with Gasteiger partial charge in [-0.25, -0.2) is 4.98 Å². The number of nitrogens with zero attached hydrogens (tertiary/aromatic N) is 4. The molecule has 0 radical (unpaired) electrons. The lowest BCUT2D eigenvalue weighted by Crippen LogP contribution is -2.34. The van der Waals surface area contributed by atoms with Crippen LogP contribution < -0.4 is 5.32 Å². The van der Waals surface area contributed by atoms with Gasteiger partial charge in [-0.2, -0.15) is 0 Å². The molecule has 1 aliphatic heterocycles. The molecule has 2 aromatic heterocycles. The van der Waals surface area contributed by atoms with Crippen molar-refractivity contribution in [1.29, 1.82) is 0 Å². The van der Waals surface area contributed by atoms with Crippen molar-refractivity contribution in [2.75, 3.05) is 25.5 Å². The summed E-state index contributed by atoms with van der Waals surface area (Å²) in [5.41, 5.74) is 3.38. The van der Waals surface area contributed by atoms with Gasteiger partial charge in [0.15, 0.2) is 0 Å². The van der Waals surface area contributed by atoms with E-state index in [9.17, 15) is 0 Å². The molecule has 0 aromatic carbocycles. The highest BCUT2D eigenvalue weighted by Gasteiger charge is 2.23. The van der Waals surface area contributed by atoms with Crippen LogP contribution in [-0.2, 0) is 6.54 Å². The van der Waals surface area contributed by atoms with Gasteiger partial charge in [-0.3, -0.25) is 14.9 Å². The first kappa shape index (κ1) is 14.9. The van der Waals surface area contributed by atoms with Crippen molar-refractivity contribution >= 4 is 5.82 Å². The Morgan fingerprint density at radius 3 is 3.09 bits per heavy atom. The fourth-order valence-corrected chi connectivity index (χ4v) is 3.15. The predicted molar refractivity (Wildman–Crippen MR) is 87.8 cm³/mol. The molecule has 22 heavy (non-hydrogen) atoms. The number of piperidine rings is 1. The van der Waals surface area contributed by atoms with Crippen LogP contribution in [0.3, 0.4) is 0 Å². The van der Waals surface area contributed by atoms with E-state index in [2.05, 4.69) is 31.2 Å². The van der Waals surface area contributed by atoms with Crippen molar-refractivity contribution in [1.82, 2.24) is 19.9 Å². The number of pyridine rings is 1. The Morgan fingerprint density at radius 1 is 1.36 bits per heavy atom. The van der Waals surface area contributed by atoms with E-state index in [1.165, 1.54) is 18.4 Å². The van der Waals surface area contributed by atoms with Crippen LogP contribution in [0.15, 0.2) is 30.7 Å². The second-order valence-corrected chi connectivity index (χ2v) is 5.92. The van der Waals surface area contributed by atoms with E-state index in [0.717, 1.165) is 36.8 Å². The van der Waals surface area contributed by atoms with Gasteiger partial charge >= 0.3 is 0 Å². The summed E-state index contributed by atoms with van der Waals surface area (Å²) in [5.74, 6) is 1.45. The maximum Gasteiger partial charge on any atom is 0.130 e. The van der Waals surface area contributed by atoms with Crippen molar-refractivity contribution in [2.45, 2.75) is 32.2 Å². The second kappa shape index (κ2) is 6.83. The summed E-state index contributed by atoms with van der Waals surface area (Å²) in [6, 6.07) is 4.15. The first-order valence-electron chi connectivity index (χ1n) is 7.89. The van der Waals surface area contributed by atoms with Crippen molar-refractivity contribution in [2.24, 2.45) is 0 Å². The molecule has 0 amide bonds. The van der Waals surface area contributed by atoms with Gasteiger partial charge in [0.1, 0.15) is 5.82 Å². The summed E-state index contributed by atoms with van der Waals surface area (Å²) in [7, 11) is 1.92. The monoisotopic (exact) mass is 297 g/mol. The van der Waals surface area contributed by atoms with Crippen LogP contribution in [0.1, 0.15) is 35.7 Å². The summed E-state index contributed by atoms with van der Waals surface area (Å²) in [4.78, 5) is 15.8. The summed E-state index contributed by atoms with van der Waals surface area (Å²) < 4.78 is 0. The van der Waals surface area contributed by atoms with Crippen LogP contribution in [0.5, 0.6) is 0 Å². The SMILES string of the molecule is CNc1ncccc1CN1CCC[C@@H](c2cncc(C)n2)C1. The Bertz CT molecular complexity index is 628. The van der Waals surface area contributed by atoms with Gasteiger partial charge in [-0.1, -0.05) is 6.07 Å². The molecule has 0 saturated carbocycles. The highest BCUT2D eigenvalue weighted by Crippen LogP contribution is 2.27. The van der Waals surface area contributed by atoms with Gasteiger partial charge in [-0.05, 0) is 32.4 Å². The molecule has 5 nitrogen and oxygen atoms in total. The van der Waals surface area contributed by atoms with Gasteiger partial charge in [0.05, 0.1) is 11.4 Å². The molecule has 3 heterocycles. The molecule has 1 fully saturated rings. The Balaban J connectivity index is 1.70. The highest BCUT2D eigenvalue weighted by atomic mass is 15.1. The standard InChI is InChI=1S/C17H23N5/c1-13-9-19-10-16(21-13)14-6-4-8-22(11-14)12-15-5-3-7-20-17(15)18-2/h3,5,7,9-10,14H,4,6,8,11-12H2,1-2H3,(H,18,20)/t14-/m1/s1. The van der Waals surface area contributed by atoms with E-state index in [1.54, 1.807) is 0 Å². The molecule has 1 saturated heterocycles. The minimum Gasteiger partial charge on any atom is -0.373 e. The number of aromatic nitrogens is 3. The topological polar surface area (TPSA) is 53.9 Å². The van der Waals surface area contributed by atoms with E-state index in [4.69, 9.17) is 0 Å². The lowest BCUT2D eigenvalue weighted by Gasteiger charge is -2.32. The number of hydrogen-bond donors (Lipinski definition) is 1. The maximum absolute atomic E-state index is 4.66. The number of aryl methyl sites for hydroxylation is 1. The first-order valence-corrected chi connectivity index (χ1v) is 7.89. The van der Waals surface area contributed by atoms with E-state index in [-0.39, 0.29) is 0 Å². The number of hydrogen-bond acceptors (Lipinski definition) is 5. The number of rotatable bonds is 4. The molecular weight excluding hydrogens is 274 g/mol. The molecular formula is C17H23N5. The fraction of sp³-hybridized carbons (Fsp3) is 0.471. The number of likely N-dealkylation sites (tertiary alicyclic amines) is 1. The molecule has 3 rings (SSSR count).